The van der Waals surface area contributed by atoms with Crippen molar-refractivity contribution in [3.05, 3.63) is 12.2 Å². The predicted molar refractivity (Wildman–Crippen MR) is 42.4 cm³/mol. The molecule has 0 N–H and O–H groups in total. The van der Waals surface area contributed by atoms with E-state index in [0.29, 0.717) is 12.8 Å². The molecule has 0 unspecified atom stereocenters. The van der Waals surface area contributed by atoms with Gasteiger partial charge in [0.05, 0.1) is 0 Å². The lowest BCUT2D eigenvalue weighted by Gasteiger charge is -2.33. The maximum absolute atomic E-state index is 10.8. The van der Waals surface area contributed by atoms with Crippen LogP contribution in [0.1, 0.15) is 19.3 Å². The number of carbonyl (C=O) groups excluding carboxylic acids is 2. The van der Waals surface area contributed by atoms with Crippen LogP contribution in [-0.4, -0.2) is 11.9 Å². The van der Waals surface area contributed by atoms with Gasteiger partial charge in [-0.25, -0.2) is 0 Å². The van der Waals surface area contributed by atoms with Gasteiger partial charge in [-0.2, -0.15) is 0 Å². The number of carboxylic acid groups (broad SMARTS) is 2. The minimum Gasteiger partial charge on any atom is -0.550 e. The smallest absolute Gasteiger partial charge is 0.0454 e. The van der Waals surface area contributed by atoms with Crippen molar-refractivity contribution in [3.8, 4) is 0 Å². The summed E-state index contributed by atoms with van der Waals surface area (Å²) in [5, 5.41) is 21.4. The maximum atomic E-state index is 10.8. The zero-order chi connectivity index (χ0) is 10.3. The molecule has 1 fully saturated rings. The molecule has 1 saturated carbocycles. The third kappa shape index (κ3) is 1.22. The molecule has 2 rings (SSSR count). The SMILES string of the molecule is O=C([O-])C[C@]12C=C[C@@H](C[C@H]1C(=O)[O-])C2. The number of aliphatic carboxylic acids is 2. The zero-order valence-corrected chi connectivity index (χ0v) is 7.56. The van der Waals surface area contributed by atoms with Crippen LogP contribution in [-0.2, 0) is 9.59 Å². The molecule has 2 aliphatic rings. The van der Waals surface area contributed by atoms with Gasteiger partial charge in [-0.3, -0.25) is 0 Å². The first kappa shape index (κ1) is 9.24. The Morgan fingerprint density at radius 3 is 2.64 bits per heavy atom. The molecular weight excluding hydrogens is 184 g/mol. The normalized spacial score (nSPS) is 38.9. The highest BCUT2D eigenvalue weighted by Crippen LogP contribution is 2.54. The van der Waals surface area contributed by atoms with Crippen LogP contribution in [0.2, 0.25) is 0 Å². The molecule has 0 aliphatic heterocycles. The lowest BCUT2D eigenvalue weighted by molar-refractivity contribution is -0.316. The van der Waals surface area contributed by atoms with Gasteiger partial charge in [-0.05, 0) is 25.2 Å². The molecule has 3 atom stereocenters. The summed E-state index contributed by atoms with van der Waals surface area (Å²) in [6.07, 6.45) is 4.53. The van der Waals surface area contributed by atoms with Crippen molar-refractivity contribution < 1.29 is 19.8 Å². The number of hydrogen-bond acceptors (Lipinski definition) is 4. The van der Waals surface area contributed by atoms with Gasteiger partial charge in [-0.1, -0.05) is 12.2 Å². The molecule has 0 aromatic rings. The molecule has 0 amide bonds. The highest BCUT2D eigenvalue weighted by molar-refractivity contribution is 5.74. The van der Waals surface area contributed by atoms with Crippen LogP contribution >= 0.6 is 0 Å². The average molecular weight is 194 g/mol. The molecular formula is C10H10O4-2. The van der Waals surface area contributed by atoms with Crippen LogP contribution in [0.4, 0.5) is 0 Å². The van der Waals surface area contributed by atoms with Crippen LogP contribution in [0.15, 0.2) is 12.2 Å². The largest absolute Gasteiger partial charge is 0.550 e. The highest BCUT2D eigenvalue weighted by Gasteiger charge is 2.48. The van der Waals surface area contributed by atoms with Gasteiger partial charge in [0.2, 0.25) is 0 Å². The monoisotopic (exact) mass is 194 g/mol. The Balaban J connectivity index is 2.26. The summed E-state index contributed by atoms with van der Waals surface area (Å²) < 4.78 is 0. The van der Waals surface area contributed by atoms with E-state index in [2.05, 4.69) is 0 Å². The first-order valence-corrected chi connectivity index (χ1v) is 4.63. The van der Waals surface area contributed by atoms with Crippen molar-refractivity contribution in [2.75, 3.05) is 0 Å². The number of hydrogen-bond donors (Lipinski definition) is 0. The first-order valence-electron chi connectivity index (χ1n) is 4.63. The quantitative estimate of drug-likeness (QED) is 0.510. The Bertz CT molecular complexity index is 320. The third-order valence-electron chi connectivity index (χ3n) is 3.33. The Morgan fingerprint density at radius 1 is 1.43 bits per heavy atom. The molecule has 0 radical (unpaired) electrons. The van der Waals surface area contributed by atoms with Gasteiger partial charge < -0.3 is 19.8 Å². The van der Waals surface area contributed by atoms with Gasteiger partial charge in [0, 0.05) is 23.3 Å². The number of rotatable bonds is 3. The van der Waals surface area contributed by atoms with E-state index in [1.54, 1.807) is 6.08 Å². The van der Waals surface area contributed by atoms with Crippen molar-refractivity contribution in [3.63, 3.8) is 0 Å². The first-order chi connectivity index (χ1) is 6.53. The van der Waals surface area contributed by atoms with Crippen LogP contribution in [0.5, 0.6) is 0 Å². The molecule has 0 saturated heterocycles. The molecule has 2 bridgehead atoms. The van der Waals surface area contributed by atoms with Crippen molar-refractivity contribution in [1.29, 1.82) is 0 Å². The van der Waals surface area contributed by atoms with E-state index in [1.165, 1.54) is 0 Å². The Kier molecular flexibility index (Phi) is 1.87. The molecule has 4 heteroatoms. The fourth-order valence-corrected chi connectivity index (χ4v) is 2.76. The Labute approximate surface area is 81.2 Å². The van der Waals surface area contributed by atoms with Gasteiger partial charge in [-0.15, -0.1) is 0 Å². The fraction of sp³-hybridized carbons (Fsp3) is 0.600. The van der Waals surface area contributed by atoms with Gasteiger partial charge in [0.1, 0.15) is 0 Å². The van der Waals surface area contributed by atoms with Crippen molar-refractivity contribution in [2.24, 2.45) is 17.3 Å². The van der Waals surface area contributed by atoms with Gasteiger partial charge >= 0.3 is 0 Å². The average Bonchev–Trinajstić information content (AvgIpc) is 2.58. The lowest BCUT2D eigenvalue weighted by Crippen LogP contribution is -2.42. The minimum absolute atomic E-state index is 0.206. The van der Waals surface area contributed by atoms with Crippen LogP contribution in [0.3, 0.4) is 0 Å². The van der Waals surface area contributed by atoms with Crippen molar-refractivity contribution >= 4 is 11.9 Å². The number of carbonyl (C=O) groups is 2. The maximum Gasteiger partial charge on any atom is 0.0454 e. The van der Waals surface area contributed by atoms with E-state index < -0.39 is 23.3 Å². The predicted octanol–water partition coefficient (Wildman–Crippen LogP) is -1.54. The minimum atomic E-state index is -1.19. The van der Waals surface area contributed by atoms with E-state index in [9.17, 15) is 19.8 Å². The van der Waals surface area contributed by atoms with Crippen molar-refractivity contribution in [1.82, 2.24) is 0 Å². The third-order valence-corrected chi connectivity index (χ3v) is 3.33. The van der Waals surface area contributed by atoms with E-state index >= 15 is 0 Å². The van der Waals surface area contributed by atoms with E-state index in [0.717, 1.165) is 0 Å². The Morgan fingerprint density at radius 2 is 2.14 bits per heavy atom. The second-order valence-corrected chi connectivity index (χ2v) is 4.21. The molecule has 0 aromatic carbocycles. The summed E-state index contributed by atoms with van der Waals surface area (Å²) in [7, 11) is 0. The second-order valence-electron chi connectivity index (χ2n) is 4.21. The molecule has 4 nitrogen and oxygen atoms in total. The number of carboxylic acids is 2. The Hall–Kier alpha value is -1.32. The summed E-state index contributed by atoms with van der Waals surface area (Å²) in [6.45, 7) is 0. The number of fused-ring (bicyclic) bond motifs is 2. The van der Waals surface area contributed by atoms with E-state index in [1.807, 2.05) is 6.08 Å². The number of allylic oxidation sites excluding steroid dienone is 2. The van der Waals surface area contributed by atoms with Crippen molar-refractivity contribution in [2.45, 2.75) is 19.3 Å². The molecule has 14 heavy (non-hydrogen) atoms. The summed E-state index contributed by atoms with van der Waals surface area (Å²) in [6, 6.07) is 0. The molecule has 0 aromatic heterocycles. The standard InChI is InChI=1S/C10H12O4/c11-8(12)5-10-2-1-6(4-10)3-7(10)9(13)14/h1-2,6-7H,3-5H2,(H,11,12)(H,13,14)/p-2/t6-,7-,10+/m0/s1. The van der Waals surface area contributed by atoms with Gasteiger partial charge in [0.15, 0.2) is 0 Å². The summed E-state index contributed by atoms with van der Waals surface area (Å²) in [4.78, 5) is 21.4. The zero-order valence-electron chi connectivity index (χ0n) is 7.56. The van der Waals surface area contributed by atoms with Crippen LogP contribution < -0.4 is 10.2 Å². The summed E-state index contributed by atoms with van der Waals surface area (Å²) in [5.41, 5.74) is -0.734. The topological polar surface area (TPSA) is 80.3 Å². The van der Waals surface area contributed by atoms with Crippen LogP contribution in [0, 0.1) is 17.3 Å². The highest BCUT2D eigenvalue weighted by atomic mass is 16.4. The molecule has 0 heterocycles. The van der Waals surface area contributed by atoms with E-state index in [4.69, 9.17) is 0 Å². The summed E-state index contributed by atoms with van der Waals surface area (Å²) >= 11 is 0. The second kappa shape index (κ2) is 2.83. The molecule has 0 spiro atoms. The summed E-state index contributed by atoms with van der Waals surface area (Å²) in [5.74, 6) is -2.78. The molecule has 76 valence electrons. The van der Waals surface area contributed by atoms with E-state index in [-0.39, 0.29) is 12.3 Å². The van der Waals surface area contributed by atoms with Gasteiger partial charge in [0.25, 0.3) is 0 Å². The molecule has 2 aliphatic carbocycles. The van der Waals surface area contributed by atoms with Crippen LogP contribution in [0.25, 0.3) is 0 Å². The lowest BCUT2D eigenvalue weighted by atomic mass is 9.75. The fourth-order valence-electron chi connectivity index (χ4n) is 2.76.